The van der Waals surface area contributed by atoms with Crippen LogP contribution in [0.1, 0.15) is 41.9 Å². The number of rotatable bonds is 3. The number of nitrogens with zero attached hydrogens (tertiary/aromatic N) is 4. The fourth-order valence-corrected chi connectivity index (χ4v) is 1.63. The van der Waals surface area contributed by atoms with Crippen LogP contribution in [0.2, 0.25) is 0 Å². The van der Waals surface area contributed by atoms with Crippen molar-refractivity contribution in [2.24, 2.45) is 0 Å². The maximum atomic E-state index is 11.3. The number of aromatic nitrogens is 4. The van der Waals surface area contributed by atoms with Gasteiger partial charge >= 0.3 is 5.97 Å². The third-order valence-electron chi connectivity index (χ3n) is 2.59. The topological polar surface area (TPSA) is 80.9 Å². The fourth-order valence-electron chi connectivity index (χ4n) is 1.63. The molecule has 1 N–H and O–H groups in total. The lowest BCUT2D eigenvalue weighted by Crippen LogP contribution is -2.12. The van der Waals surface area contributed by atoms with Gasteiger partial charge in [0.25, 0.3) is 0 Å². The molecule has 94 valence electrons. The summed E-state index contributed by atoms with van der Waals surface area (Å²) in [7, 11) is 0. The largest absolute Gasteiger partial charge is 0.476 e. The Morgan fingerprint density at radius 3 is 2.61 bits per heavy atom. The number of carbonyl (C=O) groups is 1. The molecule has 0 saturated heterocycles. The first-order valence-corrected chi connectivity index (χ1v) is 5.61. The van der Waals surface area contributed by atoms with Crippen LogP contribution in [0, 0.1) is 6.92 Å². The zero-order valence-corrected chi connectivity index (χ0v) is 10.5. The van der Waals surface area contributed by atoms with Crippen molar-refractivity contribution in [1.82, 2.24) is 19.5 Å². The average Bonchev–Trinajstić information content (AvgIpc) is 2.74. The maximum Gasteiger partial charge on any atom is 0.356 e. The van der Waals surface area contributed by atoms with E-state index in [4.69, 9.17) is 0 Å². The molecule has 6 nitrogen and oxygen atoms in total. The molecule has 0 saturated carbocycles. The van der Waals surface area contributed by atoms with E-state index in [1.54, 1.807) is 23.9 Å². The molecule has 0 aromatic carbocycles. The van der Waals surface area contributed by atoms with Gasteiger partial charge in [-0.15, -0.1) is 0 Å². The van der Waals surface area contributed by atoms with E-state index in [0.717, 1.165) is 0 Å². The summed E-state index contributed by atoms with van der Waals surface area (Å²) < 4.78 is 1.66. The summed E-state index contributed by atoms with van der Waals surface area (Å²) in [6.07, 6.45) is 4.83. The monoisotopic (exact) mass is 246 g/mol. The van der Waals surface area contributed by atoms with Gasteiger partial charge in [-0.05, 0) is 6.92 Å². The van der Waals surface area contributed by atoms with Crippen LogP contribution >= 0.6 is 0 Å². The van der Waals surface area contributed by atoms with Crippen LogP contribution in [0.3, 0.4) is 0 Å². The van der Waals surface area contributed by atoms with Gasteiger partial charge in [0.2, 0.25) is 0 Å². The highest BCUT2D eigenvalue weighted by Crippen LogP contribution is 2.17. The SMILES string of the molecule is Cc1nccn1-c1cnc(C(C)C)nc1C(=O)O. The van der Waals surface area contributed by atoms with Gasteiger partial charge in [-0.2, -0.15) is 0 Å². The van der Waals surface area contributed by atoms with Crippen molar-refractivity contribution in [1.29, 1.82) is 0 Å². The highest BCUT2D eigenvalue weighted by atomic mass is 16.4. The molecular formula is C12H14N4O2. The van der Waals surface area contributed by atoms with Crippen molar-refractivity contribution in [3.8, 4) is 5.69 Å². The Morgan fingerprint density at radius 2 is 2.11 bits per heavy atom. The Labute approximate surface area is 104 Å². The lowest BCUT2D eigenvalue weighted by molar-refractivity contribution is 0.0690. The van der Waals surface area contributed by atoms with E-state index in [0.29, 0.717) is 17.3 Å². The minimum atomic E-state index is -1.07. The van der Waals surface area contributed by atoms with E-state index < -0.39 is 5.97 Å². The maximum absolute atomic E-state index is 11.3. The van der Waals surface area contributed by atoms with Gasteiger partial charge in [-0.3, -0.25) is 0 Å². The minimum absolute atomic E-state index is 0.00481. The molecule has 0 radical (unpaired) electrons. The Hall–Kier alpha value is -2.24. The summed E-state index contributed by atoms with van der Waals surface area (Å²) in [4.78, 5) is 23.6. The Kier molecular flexibility index (Phi) is 3.10. The number of carboxylic acids is 1. The predicted octanol–water partition coefficient (Wildman–Crippen LogP) is 1.79. The molecule has 18 heavy (non-hydrogen) atoms. The third-order valence-corrected chi connectivity index (χ3v) is 2.59. The summed E-state index contributed by atoms with van der Waals surface area (Å²) in [6, 6.07) is 0. The number of hydrogen-bond donors (Lipinski definition) is 1. The minimum Gasteiger partial charge on any atom is -0.476 e. The summed E-state index contributed by atoms with van der Waals surface area (Å²) in [5.74, 6) is 0.232. The number of aromatic carboxylic acids is 1. The van der Waals surface area contributed by atoms with E-state index in [2.05, 4.69) is 15.0 Å². The molecule has 2 rings (SSSR count). The van der Waals surface area contributed by atoms with E-state index in [9.17, 15) is 9.90 Å². The molecule has 0 unspecified atom stereocenters. The van der Waals surface area contributed by atoms with E-state index >= 15 is 0 Å². The molecule has 2 aromatic heterocycles. The van der Waals surface area contributed by atoms with Crippen molar-refractivity contribution in [3.63, 3.8) is 0 Å². The third kappa shape index (κ3) is 2.09. The van der Waals surface area contributed by atoms with Crippen molar-refractivity contribution in [2.45, 2.75) is 26.7 Å². The molecule has 0 fully saturated rings. The normalized spacial score (nSPS) is 10.9. The van der Waals surface area contributed by atoms with Gasteiger partial charge in [0.05, 0.1) is 11.9 Å². The van der Waals surface area contributed by atoms with Crippen LogP contribution in [-0.4, -0.2) is 30.6 Å². The Morgan fingerprint density at radius 1 is 1.39 bits per heavy atom. The summed E-state index contributed by atoms with van der Waals surface area (Å²) in [5, 5.41) is 9.24. The number of carboxylic acid groups (broad SMARTS) is 1. The lowest BCUT2D eigenvalue weighted by Gasteiger charge is -2.10. The second kappa shape index (κ2) is 4.56. The van der Waals surface area contributed by atoms with E-state index in [-0.39, 0.29) is 11.6 Å². The van der Waals surface area contributed by atoms with E-state index in [1.807, 2.05) is 13.8 Å². The molecule has 0 aliphatic heterocycles. The molecule has 2 heterocycles. The highest BCUT2D eigenvalue weighted by molar-refractivity contribution is 5.89. The molecule has 6 heteroatoms. The second-order valence-corrected chi connectivity index (χ2v) is 4.27. The molecule has 0 atom stereocenters. The molecule has 2 aromatic rings. The van der Waals surface area contributed by atoms with Gasteiger partial charge in [-0.1, -0.05) is 13.8 Å². The first-order chi connectivity index (χ1) is 8.50. The van der Waals surface area contributed by atoms with Crippen LogP contribution in [0.5, 0.6) is 0 Å². The summed E-state index contributed by atoms with van der Waals surface area (Å²) in [5.41, 5.74) is 0.428. The highest BCUT2D eigenvalue weighted by Gasteiger charge is 2.17. The first-order valence-electron chi connectivity index (χ1n) is 5.61. The molecule has 0 aliphatic rings. The number of imidazole rings is 1. The van der Waals surface area contributed by atoms with Gasteiger partial charge in [0, 0.05) is 18.3 Å². The van der Waals surface area contributed by atoms with E-state index in [1.165, 1.54) is 6.20 Å². The summed E-state index contributed by atoms with van der Waals surface area (Å²) in [6.45, 7) is 5.63. The predicted molar refractivity (Wildman–Crippen MR) is 64.9 cm³/mol. The van der Waals surface area contributed by atoms with Gasteiger partial charge in [0.15, 0.2) is 5.69 Å². The van der Waals surface area contributed by atoms with Crippen LogP contribution in [0.25, 0.3) is 5.69 Å². The Balaban J connectivity index is 2.61. The average molecular weight is 246 g/mol. The molecule has 0 aliphatic carbocycles. The van der Waals surface area contributed by atoms with Crippen molar-refractivity contribution in [2.75, 3.05) is 0 Å². The second-order valence-electron chi connectivity index (χ2n) is 4.27. The first kappa shape index (κ1) is 12.2. The van der Waals surface area contributed by atoms with Crippen molar-refractivity contribution >= 4 is 5.97 Å². The van der Waals surface area contributed by atoms with Crippen molar-refractivity contribution < 1.29 is 9.90 Å². The van der Waals surface area contributed by atoms with Gasteiger partial charge in [0.1, 0.15) is 11.6 Å². The van der Waals surface area contributed by atoms with Crippen LogP contribution in [0.15, 0.2) is 18.6 Å². The quantitative estimate of drug-likeness (QED) is 0.892. The number of aryl methyl sites for hydroxylation is 1. The lowest BCUT2D eigenvalue weighted by atomic mass is 10.2. The Bertz CT molecular complexity index is 590. The fraction of sp³-hybridized carbons (Fsp3) is 0.333. The molecule has 0 bridgehead atoms. The van der Waals surface area contributed by atoms with Gasteiger partial charge in [-0.25, -0.2) is 19.7 Å². The molecule has 0 amide bonds. The standard InChI is InChI=1S/C12H14N4O2/c1-7(2)11-14-6-9(10(15-11)12(17)18)16-5-4-13-8(16)3/h4-7H,1-3H3,(H,17,18). The van der Waals surface area contributed by atoms with Gasteiger partial charge < -0.3 is 9.67 Å². The van der Waals surface area contributed by atoms with Crippen molar-refractivity contribution in [3.05, 3.63) is 35.9 Å². The van der Waals surface area contributed by atoms with Crippen LogP contribution < -0.4 is 0 Å². The molecule has 0 spiro atoms. The van der Waals surface area contributed by atoms with Crippen LogP contribution in [-0.2, 0) is 0 Å². The smallest absolute Gasteiger partial charge is 0.356 e. The number of hydrogen-bond acceptors (Lipinski definition) is 4. The molecular weight excluding hydrogens is 232 g/mol. The zero-order valence-electron chi connectivity index (χ0n) is 10.5. The summed E-state index contributed by atoms with van der Waals surface area (Å²) >= 11 is 0. The van der Waals surface area contributed by atoms with Crippen LogP contribution in [0.4, 0.5) is 0 Å². The zero-order chi connectivity index (χ0) is 13.3.